The lowest BCUT2D eigenvalue weighted by Gasteiger charge is -2.32. The Morgan fingerprint density at radius 2 is 1.97 bits per heavy atom. The maximum Gasteiger partial charge on any atom is 0.338 e. The second-order valence-corrected chi connectivity index (χ2v) is 9.27. The number of aliphatic hydroxyl groups is 4. The quantitative estimate of drug-likeness (QED) is 0.429. The first-order chi connectivity index (χ1) is 14.6. The summed E-state index contributed by atoms with van der Waals surface area (Å²) in [6, 6.07) is 7.54. The predicted molar refractivity (Wildman–Crippen MR) is 120 cm³/mol. The summed E-state index contributed by atoms with van der Waals surface area (Å²) in [5.41, 5.74) is 2.02. The van der Waals surface area contributed by atoms with Crippen LogP contribution < -0.4 is 0 Å². The Bertz CT molecular complexity index is 752. The van der Waals surface area contributed by atoms with E-state index < -0.39 is 35.8 Å². The Balaban J connectivity index is 2.35. The maximum atomic E-state index is 12.6. The van der Waals surface area contributed by atoms with E-state index in [1.165, 1.54) is 0 Å². The highest BCUT2D eigenvalue weighted by atomic mass is 16.6. The minimum absolute atomic E-state index is 0.000486. The van der Waals surface area contributed by atoms with Crippen LogP contribution in [0.3, 0.4) is 0 Å². The first-order valence-corrected chi connectivity index (χ1v) is 11.2. The Morgan fingerprint density at radius 1 is 1.26 bits per heavy atom. The van der Waals surface area contributed by atoms with E-state index in [4.69, 9.17) is 4.74 Å². The largest absolute Gasteiger partial charge is 0.456 e. The zero-order chi connectivity index (χ0) is 23.2. The van der Waals surface area contributed by atoms with Crippen molar-refractivity contribution in [1.82, 2.24) is 0 Å². The van der Waals surface area contributed by atoms with Crippen molar-refractivity contribution in [3.05, 3.63) is 47.0 Å². The average Bonchev–Trinajstić information content (AvgIpc) is 2.75. The number of ether oxygens (including phenoxy) is 1. The van der Waals surface area contributed by atoms with Crippen molar-refractivity contribution >= 4 is 5.97 Å². The Hall–Kier alpha value is -1.73. The third-order valence-electron chi connectivity index (χ3n) is 6.52. The highest BCUT2D eigenvalue weighted by Crippen LogP contribution is 2.32. The number of hydrogen-bond acceptors (Lipinski definition) is 6. The van der Waals surface area contributed by atoms with Crippen LogP contribution in [0.5, 0.6) is 0 Å². The van der Waals surface area contributed by atoms with E-state index in [2.05, 4.69) is 0 Å². The van der Waals surface area contributed by atoms with Gasteiger partial charge < -0.3 is 25.2 Å². The molecule has 0 aliphatic carbocycles. The van der Waals surface area contributed by atoms with Gasteiger partial charge in [0.2, 0.25) is 0 Å². The topological polar surface area (TPSA) is 107 Å². The van der Waals surface area contributed by atoms with Crippen LogP contribution in [0.4, 0.5) is 0 Å². The van der Waals surface area contributed by atoms with Crippen LogP contribution in [0.1, 0.15) is 64.5 Å². The summed E-state index contributed by atoms with van der Waals surface area (Å²) in [4.78, 5) is 12.6. The number of carbonyl (C=O) groups is 1. The molecule has 1 unspecified atom stereocenters. The van der Waals surface area contributed by atoms with Crippen molar-refractivity contribution in [1.29, 1.82) is 0 Å². The molecule has 0 aromatic heterocycles. The van der Waals surface area contributed by atoms with Gasteiger partial charge in [-0.2, -0.15) is 0 Å². The first kappa shape index (κ1) is 25.5. The summed E-state index contributed by atoms with van der Waals surface area (Å²) in [6.07, 6.45) is 0.223. The van der Waals surface area contributed by atoms with Gasteiger partial charge in [-0.05, 0) is 49.3 Å². The van der Waals surface area contributed by atoms with Crippen LogP contribution in [-0.4, -0.2) is 57.4 Å². The second-order valence-electron chi connectivity index (χ2n) is 9.27. The molecule has 0 fully saturated rings. The second kappa shape index (κ2) is 11.2. The van der Waals surface area contributed by atoms with E-state index in [0.29, 0.717) is 19.3 Å². The van der Waals surface area contributed by atoms with Crippen molar-refractivity contribution in [2.24, 2.45) is 5.92 Å². The van der Waals surface area contributed by atoms with Crippen LogP contribution in [0, 0.1) is 5.92 Å². The van der Waals surface area contributed by atoms with E-state index >= 15 is 0 Å². The fraction of sp³-hybridized carbons (Fsp3) is 0.640. The van der Waals surface area contributed by atoms with Gasteiger partial charge in [0, 0.05) is 24.4 Å². The number of aliphatic hydroxyl groups excluding tert-OH is 4. The fourth-order valence-electron chi connectivity index (χ4n) is 4.03. The summed E-state index contributed by atoms with van der Waals surface area (Å²) >= 11 is 0. The number of benzene rings is 1. The third kappa shape index (κ3) is 6.62. The van der Waals surface area contributed by atoms with Gasteiger partial charge in [0.15, 0.2) is 6.10 Å². The molecule has 0 spiro atoms. The molecule has 1 aromatic rings. The fourth-order valence-corrected chi connectivity index (χ4v) is 4.03. The standard InChI is InChI=1S/C25H38O6/c1-5-17(15-26)12-16(2)21-10-7-11-22(28)25(3,4)19-9-6-8-18(13-19)14-20(27)23(29)24(30)31-21/h6,8-9,12-13,17,20-23,26-29H,5,7,10-11,14-15H2,1-4H3/b16-12-/t17-,20-,21?,22+,23+/m1/s1. The minimum Gasteiger partial charge on any atom is -0.456 e. The average molecular weight is 435 g/mol. The SMILES string of the molecule is CC[C@H](/C=C(/C)C1CCC[C@H](O)C(C)(C)c2cccc(c2)C[C@@H](O)[C@H](O)C(=O)O1)CO. The smallest absolute Gasteiger partial charge is 0.338 e. The van der Waals surface area contributed by atoms with E-state index in [-0.39, 0.29) is 18.9 Å². The summed E-state index contributed by atoms with van der Waals surface area (Å²) in [6.45, 7) is 7.79. The molecular formula is C25H38O6. The van der Waals surface area contributed by atoms with Gasteiger partial charge in [0.05, 0.1) is 12.2 Å². The summed E-state index contributed by atoms with van der Waals surface area (Å²) in [5.74, 6) is -0.909. The summed E-state index contributed by atoms with van der Waals surface area (Å²) in [5, 5.41) is 41.3. The molecule has 2 rings (SSSR count). The van der Waals surface area contributed by atoms with Crippen LogP contribution in [-0.2, 0) is 21.4 Å². The molecule has 6 nitrogen and oxygen atoms in total. The molecule has 0 radical (unpaired) electrons. The van der Waals surface area contributed by atoms with Crippen LogP contribution in [0.2, 0.25) is 0 Å². The highest BCUT2D eigenvalue weighted by Gasteiger charge is 2.33. The number of esters is 1. The van der Waals surface area contributed by atoms with E-state index in [1.807, 2.05) is 58.0 Å². The van der Waals surface area contributed by atoms with Gasteiger partial charge in [0.1, 0.15) is 6.10 Å². The lowest BCUT2D eigenvalue weighted by Crippen LogP contribution is -2.39. The van der Waals surface area contributed by atoms with E-state index in [0.717, 1.165) is 23.1 Å². The summed E-state index contributed by atoms with van der Waals surface area (Å²) < 4.78 is 5.59. The zero-order valence-corrected chi connectivity index (χ0v) is 19.1. The Morgan fingerprint density at radius 3 is 2.61 bits per heavy atom. The number of carbonyl (C=O) groups excluding carboxylic acids is 1. The minimum atomic E-state index is -1.65. The molecule has 1 aromatic carbocycles. The van der Waals surface area contributed by atoms with Crippen LogP contribution in [0.15, 0.2) is 35.9 Å². The Labute approximate surface area is 185 Å². The normalized spacial score (nSPS) is 29.0. The van der Waals surface area contributed by atoms with Crippen LogP contribution in [0.25, 0.3) is 0 Å². The molecule has 2 bridgehead atoms. The molecule has 5 atom stereocenters. The number of hydrogen-bond donors (Lipinski definition) is 4. The van der Waals surface area contributed by atoms with E-state index in [1.54, 1.807) is 0 Å². The molecule has 1 heterocycles. The molecular weight excluding hydrogens is 396 g/mol. The molecule has 0 amide bonds. The van der Waals surface area contributed by atoms with Crippen molar-refractivity contribution in [3.8, 4) is 0 Å². The van der Waals surface area contributed by atoms with Crippen molar-refractivity contribution < 1.29 is 30.0 Å². The van der Waals surface area contributed by atoms with Gasteiger partial charge in [-0.15, -0.1) is 0 Å². The molecule has 0 saturated carbocycles. The lowest BCUT2D eigenvalue weighted by atomic mass is 9.76. The molecule has 174 valence electrons. The molecule has 1 aliphatic rings. The van der Waals surface area contributed by atoms with Crippen molar-refractivity contribution in [2.45, 2.75) is 89.6 Å². The molecule has 0 saturated heterocycles. The molecule has 1 aliphatic heterocycles. The van der Waals surface area contributed by atoms with Crippen LogP contribution >= 0.6 is 0 Å². The van der Waals surface area contributed by atoms with Gasteiger partial charge in [-0.25, -0.2) is 4.79 Å². The van der Waals surface area contributed by atoms with Crippen molar-refractivity contribution in [2.75, 3.05) is 6.61 Å². The number of fused-ring (bicyclic) bond motifs is 2. The highest BCUT2D eigenvalue weighted by molar-refractivity contribution is 5.75. The zero-order valence-electron chi connectivity index (χ0n) is 19.1. The molecule has 4 N–H and O–H groups in total. The van der Waals surface area contributed by atoms with Gasteiger partial charge in [0.25, 0.3) is 0 Å². The maximum absolute atomic E-state index is 12.6. The number of cyclic esters (lactones) is 1. The monoisotopic (exact) mass is 434 g/mol. The van der Waals surface area contributed by atoms with Gasteiger partial charge >= 0.3 is 5.97 Å². The lowest BCUT2D eigenvalue weighted by molar-refractivity contribution is -0.163. The van der Waals surface area contributed by atoms with Crippen molar-refractivity contribution in [3.63, 3.8) is 0 Å². The number of rotatable bonds is 4. The van der Waals surface area contributed by atoms with E-state index in [9.17, 15) is 25.2 Å². The Kier molecular flexibility index (Phi) is 9.25. The van der Waals surface area contributed by atoms with Gasteiger partial charge in [-0.1, -0.05) is 51.1 Å². The molecule has 6 heteroatoms. The third-order valence-corrected chi connectivity index (χ3v) is 6.52. The molecule has 31 heavy (non-hydrogen) atoms. The van der Waals surface area contributed by atoms with Gasteiger partial charge in [-0.3, -0.25) is 0 Å². The predicted octanol–water partition coefficient (Wildman–Crippen LogP) is 2.65. The first-order valence-electron chi connectivity index (χ1n) is 11.2. The summed E-state index contributed by atoms with van der Waals surface area (Å²) in [7, 11) is 0.